The van der Waals surface area contributed by atoms with Crippen LogP contribution >= 0.6 is 0 Å². The Morgan fingerprint density at radius 3 is 2.43 bits per heavy atom. The van der Waals surface area contributed by atoms with Crippen molar-refractivity contribution >= 4 is 0 Å². The van der Waals surface area contributed by atoms with E-state index < -0.39 is 0 Å². The summed E-state index contributed by atoms with van der Waals surface area (Å²) in [5.74, 6) is 0. The van der Waals surface area contributed by atoms with E-state index in [1.165, 1.54) is 0 Å². The number of ether oxygens (including phenoxy) is 1. The van der Waals surface area contributed by atoms with Crippen molar-refractivity contribution in [3.05, 3.63) is 0 Å². The highest BCUT2D eigenvalue weighted by molar-refractivity contribution is 4.75. The Morgan fingerprint density at radius 1 is 1.43 bits per heavy atom. The van der Waals surface area contributed by atoms with Gasteiger partial charge in [0, 0.05) is 26.3 Å². The lowest BCUT2D eigenvalue weighted by molar-refractivity contribution is 0.127. The van der Waals surface area contributed by atoms with E-state index in [0.29, 0.717) is 6.04 Å². The summed E-state index contributed by atoms with van der Waals surface area (Å²) >= 11 is 0. The Bertz CT molecular complexity index is 148. The molecule has 3 heteroatoms. The lowest BCUT2D eigenvalue weighted by Gasteiger charge is -2.32. The average Bonchev–Trinajstić information content (AvgIpc) is 2.13. The van der Waals surface area contributed by atoms with E-state index in [4.69, 9.17) is 10.5 Å². The van der Waals surface area contributed by atoms with Crippen molar-refractivity contribution in [1.82, 2.24) is 4.90 Å². The minimum atomic E-state index is 0.204. The first kappa shape index (κ1) is 13.9. The predicted octanol–water partition coefficient (Wildman–Crippen LogP) is 1.33. The van der Waals surface area contributed by atoms with Crippen molar-refractivity contribution in [3.63, 3.8) is 0 Å². The number of nitrogens with two attached hydrogens (primary N) is 1. The van der Waals surface area contributed by atoms with Crippen molar-refractivity contribution in [2.45, 2.75) is 33.2 Å². The lowest BCUT2D eigenvalue weighted by atomic mass is 9.92. The summed E-state index contributed by atoms with van der Waals surface area (Å²) in [6.07, 6.45) is 1.08. The molecule has 0 radical (unpaired) electrons. The Balaban J connectivity index is 3.87. The van der Waals surface area contributed by atoms with Gasteiger partial charge in [-0.2, -0.15) is 0 Å². The molecule has 0 fully saturated rings. The Morgan fingerprint density at radius 2 is 2.00 bits per heavy atom. The van der Waals surface area contributed by atoms with Gasteiger partial charge in [-0.25, -0.2) is 0 Å². The minimum Gasteiger partial charge on any atom is -0.385 e. The van der Waals surface area contributed by atoms with E-state index in [1.54, 1.807) is 7.11 Å². The Labute approximate surface area is 88.6 Å². The highest BCUT2D eigenvalue weighted by Gasteiger charge is 2.20. The van der Waals surface area contributed by atoms with Crippen LogP contribution in [0, 0.1) is 5.41 Å². The van der Waals surface area contributed by atoms with Crippen LogP contribution < -0.4 is 5.73 Å². The standard InChI is InChI=1S/C11H26N2O/c1-10(6-7-14-5)13(4)9-11(2,3)8-12/h10H,6-9,12H2,1-5H3. The molecule has 0 saturated heterocycles. The average molecular weight is 202 g/mol. The van der Waals surface area contributed by atoms with Crippen LogP contribution in [0.3, 0.4) is 0 Å². The van der Waals surface area contributed by atoms with E-state index >= 15 is 0 Å². The second-order valence-electron chi connectivity index (χ2n) is 4.91. The summed E-state index contributed by atoms with van der Waals surface area (Å²) in [6.45, 7) is 9.22. The number of nitrogens with zero attached hydrogens (tertiary/aromatic N) is 1. The predicted molar refractivity (Wildman–Crippen MR) is 61.4 cm³/mol. The molecule has 3 nitrogen and oxygen atoms in total. The first-order valence-corrected chi connectivity index (χ1v) is 5.32. The van der Waals surface area contributed by atoms with Crippen molar-refractivity contribution < 1.29 is 4.74 Å². The number of hydrogen-bond acceptors (Lipinski definition) is 3. The van der Waals surface area contributed by atoms with E-state index in [9.17, 15) is 0 Å². The molecule has 0 aliphatic heterocycles. The van der Waals surface area contributed by atoms with Crippen molar-refractivity contribution in [1.29, 1.82) is 0 Å². The third kappa shape index (κ3) is 5.58. The Kier molecular flexibility index (Phi) is 6.33. The first-order chi connectivity index (χ1) is 6.43. The molecule has 0 heterocycles. The van der Waals surface area contributed by atoms with Gasteiger partial charge in [-0.05, 0) is 32.4 Å². The molecule has 2 N–H and O–H groups in total. The van der Waals surface area contributed by atoms with E-state index in [-0.39, 0.29) is 5.41 Å². The van der Waals surface area contributed by atoms with Crippen LogP contribution in [0.25, 0.3) is 0 Å². The van der Waals surface area contributed by atoms with Crippen LogP contribution in [0.5, 0.6) is 0 Å². The summed E-state index contributed by atoms with van der Waals surface area (Å²) in [4.78, 5) is 2.35. The monoisotopic (exact) mass is 202 g/mol. The maximum atomic E-state index is 5.70. The molecule has 0 spiro atoms. The third-order valence-electron chi connectivity index (χ3n) is 2.72. The van der Waals surface area contributed by atoms with Crippen LogP contribution in [0.2, 0.25) is 0 Å². The maximum Gasteiger partial charge on any atom is 0.0477 e. The SMILES string of the molecule is COCCC(C)N(C)CC(C)(C)CN. The van der Waals surface area contributed by atoms with Gasteiger partial charge in [0.05, 0.1) is 0 Å². The smallest absolute Gasteiger partial charge is 0.0477 e. The van der Waals surface area contributed by atoms with Crippen LogP contribution in [0.4, 0.5) is 0 Å². The summed E-state index contributed by atoms with van der Waals surface area (Å²) in [7, 11) is 3.90. The van der Waals surface area contributed by atoms with Gasteiger partial charge in [0.25, 0.3) is 0 Å². The summed E-state index contributed by atoms with van der Waals surface area (Å²) in [5, 5.41) is 0. The second-order valence-corrected chi connectivity index (χ2v) is 4.91. The second kappa shape index (κ2) is 6.38. The molecule has 0 bridgehead atoms. The molecule has 0 amide bonds. The van der Waals surface area contributed by atoms with Gasteiger partial charge < -0.3 is 15.4 Å². The minimum absolute atomic E-state index is 0.204. The van der Waals surface area contributed by atoms with Gasteiger partial charge in [-0.15, -0.1) is 0 Å². The van der Waals surface area contributed by atoms with E-state index in [1.807, 2.05) is 0 Å². The van der Waals surface area contributed by atoms with Gasteiger partial charge in [0.2, 0.25) is 0 Å². The zero-order chi connectivity index (χ0) is 11.2. The van der Waals surface area contributed by atoms with Crippen molar-refractivity contribution in [2.75, 3.05) is 33.9 Å². The highest BCUT2D eigenvalue weighted by atomic mass is 16.5. The number of rotatable bonds is 7. The van der Waals surface area contributed by atoms with Crippen LogP contribution in [-0.4, -0.2) is 44.8 Å². The van der Waals surface area contributed by atoms with Crippen molar-refractivity contribution in [2.24, 2.45) is 11.1 Å². The molecular formula is C11H26N2O. The molecule has 0 aliphatic rings. The molecule has 0 aromatic rings. The van der Waals surface area contributed by atoms with E-state index in [2.05, 4.69) is 32.7 Å². The highest BCUT2D eigenvalue weighted by Crippen LogP contribution is 2.16. The largest absolute Gasteiger partial charge is 0.385 e. The van der Waals surface area contributed by atoms with Gasteiger partial charge in [0.15, 0.2) is 0 Å². The molecule has 1 unspecified atom stereocenters. The van der Waals surface area contributed by atoms with Gasteiger partial charge >= 0.3 is 0 Å². The first-order valence-electron chi connectivity index (χ1n) is 5.32. The third-order valence-corrected chi connectivity index (χ3v) is 2.72. The molecule has 0 aromatic carbocycles. The molecule has 0 rings (SSSR count). The molecule has 14 heavy (non-hydrogen) atoms. The molecule has 0 aromatic heterocycles. The van der Waals surface area contributed by atoms with Crippen molar-refractivity contribution in [3.8, 4) is 0 Å². The maximum absolute atomic E-state index is 5.70. The number of hydrogen-bond donors (Lipinski definition) is 1. The topological polar surface area (TPSA) is 38.5 Å². The molecule has 1 atom stereocenters. The van der Waals surface area contributed by atoms with E-state index in [0.717, 1.165) is 26.1 Å². The van der Waals surface area contributed by atoms with Crippen LogP contribution in [0.15, 0.2) is 0 Å². The summed E-state index contributed by atoms with van der Waals surface area (Å²) in [5.41, 5.74) is 5.91. The molecule has 86 valence electrons. The fourth-order valence-electron chi connectivity index (χ4n) is 1.40. The Hall–Kier alpha value is -0.120. The quantitative estimate of drug-likeness (QED) is 0.677. The summed E-state index contributed by atoms with van der Waals surface area (Å²) in [6, 6.07) is 0.556. The number of methoxy groups -OCH3 is 1. The molecule has 0 aliphatic carbocycles. The normalized spacial score (nSPS) is 14.8. The van der Waals surface area contributed by atoms with Gasteiger partial charge in [-0.3, -0.25) is 0 Å². The summed E-state index contributed by atoms with van der Waals surface area (Å²) < 4.78 is 5.07. The van der Waals surface area contributed by atoms with Crippen LogP contribution in [0.1, 0.15) is 27.2 Å². The van der Waals surface area contributed by atoms with Crippen LogP contribution in [-0.2, 0) is 4.74 Å². The molecular weight excluding hydrogens is 176 g/mol. The van der Waals surface area contributed by atoms with Gasteiger partial charge in [0.1, 0.15) is 0 Å². The fourth-order valence-corrected chi connectivity index (χ4v) is 1.40. The lowest BCUT2D eigenvalue weighted by Crippen LogP contribution is -2.41. The zero-order valence-corrected chi connectivity index (χ0v) is 10.3. The fraction of sp³-hybridized carbons (Fsp3) is 1.00. The van der Waals surface area contributed by atoms with Gasteiger partial charge in [-0.1, -0.05) is 13.8 Å². The zero-order valence-electron chi connectivity index (χ0n) is 10.3. The molecule has 0 saturated carbocycles.